The van der Waals surface area contributed by atoms with E-state index in [1.165, 1.54) is 11.1 Å². The molecule has 0 radical (unpaired) electrons. The fraction of sp³-hybridized carbons (Fsp3) is 0.176. The first-order chi connectivity index (χ1) is 8.86. The Morgan fingerprint density at radius 3 is 2.83 bits per heavy atom. The third-order valence-corrected chi connectivity index (χ3v) is 3.61. The number of hydrogen-bond donors (Lipinski definition) is 1. The quantitative estimate of drug-likeness (QED) is 0.773. The van der Waals surface area contributed by atoms with Gasteiger partial charge in [-0.05, 0) is 30.1 Å². The lowest BCUT2D eigenvalue weighted by Crippen LogP contribution is -2.08. The summed E-state index contributed by atoms with van der Waals surface area (Å²) >= 11 is 0. The largest absolute Gasteiger partial charge is 0.508 e. The molecule has 18 heavy (non-hydrogen) atoms. The molecule has 2 aliphatic carbocycles. The molecule has 0 fully saturated rings. The second-order valence-electron chi connectivity index (χ2n) is 4.71. The molecule has 1 aromatic carbocycles. The van der Waals surface area contributed by atoms with Gasteiger partial charge < -0.3 is 5.11 Å². The topological polar surface area (TPSA) is 20.2 Å². The summed E-state index contributed by atoms with van der Waals surface area (Å²) in [4.78, 5) is 0. The minimum absolute atomic E-state index is 0.304. The van der Waals surface area contributed by atoms with Crippen LogP contribution in [-0.2, 0) is 0 Å². The lowest BCUT2D eigenvalue weighted by molar-refractivity contribution is 0.462. The van der Waals surface area contributed by atoms with Crippen molar-refractivity contribution in [3.63, 3.8) is 0 Å². The highest BCUT2D eigenvalue weighted by molar-refractivity contribution is 5.54. The maximum atomic E-state index is 10.0. The fourth-order valence-corrected chi connectivity index (χ4v) is 2.74. The van der Waals surface area contributed by atoms with Crippen molar-refractivity contribution in [1.29, 1.82) is 0 Å². The highest BCUT2D eigenvalue weighted by atomic mass is 16.3. The van der Waals surface area contributed by atoms with E-state index >= 15 is 0 Å². The Labute approximate surface area is 107 Å². The molecular formula is C17H16O. The summed E-state index contributed by atoms with van der Waals surface area (Å²) in [5.74, 6) is 0.709. The molecule has 0 bridgehead atoms. The fourth-order valence-electron chi connectivity index (χ4n) is 2.74. The maximum Gasteiger partial charge on any atom is 0.119 e. The molecule has 1 atom stereocenters. The summed E-state index contributed by atoms with van der Waals surface area (Å²) in [5, 5.41) is 10.0. The van der Waals surface area contributed by atoms with Crippen molar-refractivity contribution in [2.45, 2.75) is 18.8 Å². The molecule has 1 nitrogen and oxygen atoms in total. The van der Waals surface area contributed by atoms with E-state index in [0.717, 1.165) is 18.4 Å². The van der Waals surface area contributed by atoms with Crippen LogP contribution in [0.4, 0.5) is 0 Å². The summed E-state index contributed by atoms with van der Waals surface area (Å²) in [6.07, 6.45) is 14.9. The number of aromatic hydroxyl groups is 1. The minimum atomic E-state index is 0.304. The number of phenolic OH excluding ortho intramolecular Hbond substituents is 1. The second-order valence-corrected chi connectivity index (χ2v) is 4.71. The molecular weight excluding hydrogens is 220 g/mol. The summed E-state index contributed by atoms with van der Waals surface area (Å²) in [5.41, 5.74) is 3.64. The first-order valence-electron chi connectivity index (χ1n) is 6.39. The van der Waals surface area contributed by atoms with Crippen LogP contribution < -0.4 is 0 Å². The molecule has 0 amide bonds. The Morgan fingerprint density at radius 2 is 1.94 bits per heavy atom. The van der Waals surface area contributed by atoms with E-state index in [9.17, 15) is 5.11 Å². The van der Waals surface area contributed by atoms with Crippen LogP contribution in [0.15, 0.2) is 71.9 Å². The first kappa shape index (κ1) is 11.1. The molecule has 0 aromatic heterocycles. The van der Waals surface area contributed by atoms with Gasteiger partial charge in [-0.3, -0.25) is 0 Å². The average molecular weight is 236 g/mol. The lowest BCUT2D eigenvalue weighted by Gasteiger charge is -2.26. The van der Waals surface area contributed by atoms with E-state index in [-0.39, 0.29) is 0 Å². The van der Waals surface area contributed by atoms with Gasteiger partial charge in [0.2, 0.25) is 0 Å². The molecule has 0 saturated carbocycles. The van der Waals surface area contributed by atoms with Gasteiger partial charge in [0.05, 0.1) is 0 Å². The zero-order chi connectivity index (χ0) is 12.4. The Bertz CT molecular complexity index is 573. The van der Waals surface area contributed by atoms with E-state index in [2.05, 4.69) is 30.4 Å². The Morgan fingerprint density at radius 1 is 1.06 bits per heavy atom. The standard InChI is InChI=1S/C17H16O/c18-17-12-5-4-10-16(17)15-11-6-8-13-7-2-1-3-9-14(13)15/h1-5,7-10,12,15,18H,6,11H2. The van der Waals surface area contributed by atoms with Gasteiger partial charge in [0, 0.05) is 11.5 Å². The van der Waals surface area contributed by atoms with Crippen molar-refractivity contribution in [3.8, 4) is 5.75 Å². The molecule has 0 heterocycles. The molecule has 0 aliphatic heterocycles. The van der Waals surface area contributed by atoms with Crippen molar-refractivity contribution < 1.29 is 5.11 Å². The smallest absolute Gasteiger partial charge is 0.119 e. The van der Waals surface area contributed by atoms with Gasteiger partial charge in [0.1, 0.15) is 5.75 Å². The number of para-hydroxylation sites is 1. The highest BCUT2D eigenvalue weighted by Gasteiger charge is 2.23. The molecule has 1 aromatic rings. The van der Waals surface area contributed by atoms with Crippen molar-refractivity contribution in [2.75, 3.05) is 0 Å². The van der Waals surface area contributed by atoms with Gasteiger partial charge in [-0.25, -0.2) is 0 Å². The molecule has 90 valence electrons. The van der Waals surface area contributed by atoms with Crippen LogP contribution in [0.2, 0.25) is 0 Å². The number of phenols is 1. The number of fused-ring (bicyclic) bond motifs is 1. The predicted octanol–water partition coefficient (Wildman–Crippen LogP) is 4.25. The number of rotatable bonds is 1. The van der Waals surface area contributed by atoms with Gasteiger partial charge in [-0.15, -0.1) is 0 Å². The average Bonchev–Trinajstić information content (AvgIpc) is 2.64. The van der Waals surface area contributed by atoms with Crippen LogP contribution in [0.3, 0.4) is 0 Å². The monoisotopic (exact) mass is 236 g/mol. The third kappa shape index (κ3) is 1.92. The SMILES string of the molecule is Oc1ccccc1C1CCC=C2C=CC=CC=C21. The Hall–Kier alpha value is -2.02. The van der Waals surface area contributed by atoms with E-state index in [1.807, 2.05) is 24.3 Å². The number of benzene rings is 1. The Kier molecular flexibility index (Phi) is 2.89. The van der Waals surface area contributed by atoms with Gasteiger partial charge in [0.25, 0.3) is 0 Å². The summed E-state index contributed by atoms with van der Waals surface area (Å²) in [6.45, 7) is 0. The van der Waals surface area contributed by atoms with Crippen molar-refractivity contribution >= 4 is 0 Å². The van der Waals surface area contributed by atoms with Crippen molar-refractivity contribution in [1.82, 2.24) is 0 Å². The van der Waals surface area contributed by atoms with Crippen LogP contribution >= 0.6 is 0 Å². The maximum absolute atomic E-state index is 10.0. The van der Waals surface area contributed by atoms with E-state index in [0.29, 0.717) is 11.7 Å². The predicted molar refractivity (Wildman–Crippen MR) is 74.5 cm³/mol. The molecule has 0 spiro atoms. The van der Waals surface area contributed by atoms with E-state index < -0.39 is 0 Å². The van der Waals surface area contributed by atoms with Crippen LogP contribution in [-0.4, -0.2) is 5.11 Å². The zero-order valence-corrected chi connectivity index (χ0v) is 10.2. The normalized spacial score (nSPS) is 21.9. The molecule has 1 N–H and O–H groups in total. The van der Waals surface area contributed by atoms with Crippen molar-refractivity contribution in [3.05, 3.63) is 77.4 Å². The van der Waals surface area contributed by atoms with Gasteiger partial charge in [-0.2, -0.15) is 0 Å². The highest BCUT2D eigenvalue weighted by Crippen LogP contribution is 2.41. The van der Waals surface area contributed by atoms with Crippen LogP contribution in [0, 0.1) is 0 Å². The van der Waals surface area contributed by atoms with Gasteiger partial charge in [0.15, 0.2) is 0 Å². The second kappa shape index (κ2) is 4.69. The van der Waals surface area contributed by atoms with Crippen LogP contribution in [0.1, 0.15) is 24.3 Å². The zero-order valence-electron chi connectivity index (χ0n) is 10.2. The lowest BCUT2D eigenvalue weighted by atomic mass is 9.79. The molecule has 2 aliphatic rings. The first-order valence-corrected chi connectivity index (χ1v) is 6.39. The summed E-state index contributed by atoms with van der Waals surface area (Å²) in [7, 11) is 0. The summed E-state index contributed by atoms with van der Waals surface area (Å²) < 4.78 is 0. The van der Waals surface area contributed by atoms with Crippen LogP contribution in [0.5, 0.6) is 5.75 Å². The molecule has 1 unspecified atom stereocenters. The number of allylic oxidation sites excluding steroid dienone is 8. The third-order valence-electron chi connectivity index (χ3n) is 3.61. The molecule has 0 saturated heterocycles. The van der Waals surface area contributed by atoms with E-state index in [4.69, 9.17) is 0 Å². The van der Waals surface area contributed by atoms with Gasteiger partial charge >= 0.3 is 0 Å². The molecule has 1 heteroatoms. The van der Waals surface area contributed by atoms with E-state index in [1.54, 1.807) is 6.07 Å². The van der Waals surface area contributed by atoms with Crippen molar-refractivity contribution in [2.24, 2.45) is 0 Å². The summed E-state index contributed by atoms with van der Waals surface area (Å²) in [6, 6.07) is 7.67. The Balaban J connectivity index is 2.06. The number of hydrogen-bond acceptors (Lipinski definition) is 1. The van der Waals surface area contributed by atoms with Crippen LogP contribution in [0.25, 0.3) is 0 Å². The van der Waals surface area contributed by atoms with Gasteiger partial charge in [-0.1, -0.05) is 54.7 Å². The minimum Gasteiger partial charge on any atom is -0.508 e. The molecule has 3 rings (SSSR count).